The molecule has 0 radical (unpaired) electrons. The van der Waals surface area contributed by atoms with E-state index in [0.717, 1.165) is 56.0 Å². The Labute approximate surface area is 190 Å². The number of aromatic nitrogens is 2. The third-order valence-electron chi connectivity index (χ3n) is 7.19. The Hall–Kier alpha value is -2.82. The Morgan fingerprint density at radius 2 is 1.62 bits per heavy atom. The van der Waals surface area contributed by atoms with Crippen LogP contribution in [-0.2, 0) is 17.9 Å². The van der Waals surface area contributed by atoms with Crippen molar-refractivity contribution in [3.8, 4) is 5.75 Å². The maximum Gasteiger partial charge on any atom is 0.222 e. The first-order valence-corrected chi connectivity index (χ1v) is 12.2. The van der Waals surface area contributed by atoms with Crippen LogP contribution in [0.2, 0.25) is 0 Å². The van der Waals surface area contributed by atoms with Crippen LogP contribution in [0.3, 0.4) is 0 Å². The molecule has 168 valence electrons. The highest BCUT2D eigenvalue weighted by atomic mass is 16.5. The fourth-order valence-corrected chi connectivity index (χ4v) is 5.32. The monoisotopic (exact) mass is 431 g/mol. The summed E-state index contributed by atoms with van der Waals surface area (Å²) >= 11 is 0. The number of hydrogen-bond donors (Lipinski definition) is 0. The molecule has 0 atom stereocenters. The SMILES string of the molecule is O=C(CC1CCCC1)N1CCC(Cn2c(COc3ccccc3)nc3ccccc32)CC1. The summed E-state index contributed by atoms with van der Waals surface area (Å²) in [5, 5.41) is 0. The lowest BCUT2D eigenvalue weighted by Crippen LogP contribution is -2.40. The van der Waals surface area contributed by atoms with Gasteiger partial charge in [-0.1, -0.05) is 43.2 Å². The number of fused-ring (bicyclic) bond motifs is 1. The number of para-hydroxylation sites is 3. The van der Waals surface area contributed by atoms with E-state index in [0.29, 0.717) is 24.3 Å². The first-order valence-electron chi connectivity index (χ1n) is 12.2. The summed E-state index contributed by atoms with van der Waals surface area (Å²) in [6.07, 6.45) is 7.96. The minimum Gasteiger partial charge on any atom is -0.486 e. The molecule has 1 aromatic heterocycles. The van der Waals surface area contributed by atoms with Gasteiger partial charge in [0.05, 0.1) is 11.0 Å². The minimum atomic E-state index is 0.375. The van der Waals surface area contributed by atoms with Gasteiger partial charge in [-0.3, -0.25) is 4.79 Å². The summed E-state index contributed by atoms with van der Waals surface area (Å²) in [5.41, 5.74) is 2.18. The number of nitrogens with zero attached hydrogens (tertiary/aromatic N) is 3. The van der Waals surface area contributed by atoms with E-state index < -0.39 is 0 Å². The van der Waals surface area contributed by atoms with Gasteiger partial charge in [0.15, 0.2) is 0 Å². The van der Waals surface area contributed by atoms with Crippen molar-refractivity contribution in [2.45, 2.75) is 58.1 Å². The van der Waals surface area contributed by atoms with Gasteiger partial charge in [-0.25, -0.2) is 4.98 Å². The number of likely N-dealkylation sites (tertiary alicyclic amines) is 1. The van der Waals surface area contributed by atoms with Gasteiger partial charge in [-0.05, 0) is 61.8 Å². The largest absolute Gasteiger partial charge is 0.486 e. The van der Waals surface area contributed by atoms with Crippen LogP contribution in [-0.4, -0.2) is 33.4 Å². The molecule has 0 bridgehead atoms. The van der Waals surface area contributed by atoms with Crippen molar-refractivity contribution < 1.29 is 9.53 Å². The molecule has 2 heterocycles. The molecule has 1 aliphatic heterocycles. The van der Waals surface area contributed by atoms with Crippen molar-refractivity contribution in [2.75, 3.05) is 13.1 Å². The van der Waals surface area contributed by atoms with Crippen LogP contribution < -0.4 is 4.74 Å². The van der Waals surface area contributed by atoms with Crippen LogP contribution in [0, 0.1) is 11.8 Å². The predicted octanol–water partition coefficient (Wildman–Crippen LogP) is 5.43. The van der Waals surface area contributed by atoms with Crippen LogP contribution >= 0.6 is 0 Å². The molecule has 0 unspecified atom stereocenters. The topological polar surface area (TPSA) is 47.4 Å². The van der Waals surface area contributed by atoms with Crippen LogP contribution in [0.1, 0.15) is 50.8 Å². The van der Waals surface area contributed by atoms with E-state index in [2.05, 4.69) is 27.7 Å². The molecule has 2 aliphatic rings. The first-order chi connectivity index (χ1) is 15.8. The number of piperidine rings is 1. The lowest BCUT2D eigenvalue weighted by molar-refractivity contribution is -0.133. The van der Waals surface area contributed by atoms with Gasteiger partial charge in [-0.15, -0.1) is 0 Å². The van der Waals surface area contributed by atoms with Crippen LogP contribution in [0.15, 0.2) is 54.6 Å². The lowest BCUT2D eigenvalue weighted by Gasteiger charge is -2.33. The number of rotatable bonds is 7. The predicted molar refractivity (Wildman–Crippen MR) is 126 cm³/mol. The van der Waals surface area contributed by atoms with E-state index in [1.807, 2.05) is 36.4 Å². The van der Waals surface area contributed by atoms with Crippen molar-refractivity contribution in [1.29, 1.82) is 0 Å². The van der Waals surface area contributed by atoms with Gasteiger partial charge in [0.2, 0.25) is 5.91 Å². The van der Waals surface area contributed by atoms with Gasteiger partial charge < -0.3 is 14.2 Å². The van der Waals surface area contributed by atoms with Crippen LogP contribution in [0.4, 0.5) is 0 Å². The summed E-state index contributed by atoms with van der Waals surface area (Å²) in [6.45, 7) is 3.16. The molecular weight excluding hydrogens is 398 g/mol. The van der Waals surface area contributed by atoms with Gasteiger partial charge in [-0.2, -0.15) is 0 Å². The minimum absolute atomic E-state index is 0.375. The highest BCUT2D eigenvalue weighted by Crippen LogP contribution is 2.29. The van der Waals surface area contributed by atoms with Gasteiger partial charge >= 0.3 is 0 Å². The highest BCUT2D eigenvalue weighted by Gasteiger charge is 2.27. The first kappa shape index (κ1) is 21.0. The number of carbonyl (C=O) groups excluding carboxylic acids is 1. The Balaban J connectivity index is 1.23. The molecule has 3 aromatic rings. The van der Waals surface area contributed by atoms with Crippen LogP contribution in [0.25, 0.3) is 11.0 Å². The molecule has 1 amide bonds. The second-order valence-electron chi connectivity index (χ2n) is 9.41. The maximum absolute atomic E-state index is 12.7. The van der Waals surface area contributed by atoms with E-state index >= 15 is 0 Å². The summed E-state index contributed by atoms with van der Waals surface area (Å²) in [7, 11) is 0. The Morgan fingerprint density at radius 3 is 2.41 bits per heavy atom. The third-order valence-corrected chi connectivity index (χ3v) is 7.19. The summed E-state index contributed by atoms with van der Waals surface area (Å²) in [5.74, 6) is 3.39. The van der Waals surface area contributed by atoms with Gasteiger partial charge in [0, 0.05) is 26.1 Å². The van der Waals surface area contributed by atoms with Crippen molar-refractivity contribution in [3.05, 3.63) is 60.4 Å². The molecule has 0 N–H and O–H groups in total. The second-order valence-corrected chi connectivity index (χ2v) is 9.41. The zero-order valence-electron chi connectivity index (χ0n) is 18.8. The zero-order valence-corrected chi connectivity index (χ0v) is 18.8. The smallest absolute Gasteiger partial charge is 0.222 e. The number of ether oxygens (including phenoxy) is 1. The number of amides is 1. The Morgan fingerprint density at radius 1 is 0.906 bits per heavy atom. The molecule has 2 aromatic carbocycles. The molecule has 1 aliphatic carbocycles. The van der Waals surface area contributed by atoms with Crippen molar-refractivity contribution in [2.24, 2.45) is 11.8 Å². The van der Waals surface area contributed by atoms with Crippen molar-refractivity contribution in [3.63, 3.8) is 0 Å². The molecule has 1 saturated heterocycles. The molecule has 0 spiro atoms. The summed E-state index contributed by atoms with van der Waals surface area (Å²) in [4.78, 5) is 19.7. The highest BCUT2D eigenvalue weighted by molar-refractivity contribution is 5.77. The average molecular weight is 432 g/mol. The van der Waals surface area contributed by atoms with E-state index in [4.69, 9.17) is 9.72 Å². The Kier molecular flexibility index (Phi) is 6.42. The molecule has 2 fully saturated rings. The quantitative estimate of drug-likeness (QED) is 0.501. The summed E-state index contributed by atoms with van der Waals surface area (Å²) < 4.78 is 8.36. The number of carbonyl (C=O) groups is 1. The number of imidazole rings is 1. The van der Waals surface area contributed by atoms with Crippen LogP contribution in [0.5, 0.6) is 5.75 Å². The maximum atomic E-state index is 12.7. The van der Waals surface area contributed by atoms with Crippen molar-refractivity contribution >= 4 is 16.9 Å². The van der Waals surface area contributed by atoms with Crippen molar-refractivity contribution in [1.82, 2.24) is 14.5 Å². The average Bonchev–Trinajstić information content (AvgIpc) is 3.47. The molecule has 5 nitrogen and oxygen atoms in total. The standard InChI is InChI=1S/C27H33N3O2/c31-27(18-21-8-4-5-9-21)29-16-14-22(15-17-29)19-30-25-13-7-6-12-24(25)28-26(30)20-32-23-10-2-1-3-11-23/h1-3,6-7,10-13,21-22H,4-5,8-9,14-20H2. The fraction of sp³-hybridized carbons (Fsp3) is 0.481. The molecular formula is C27H33N3O2. The Bertz CT molecular complexity index is 1030. The van der Waals surface area contributed by atoms with E-state index in [1.165, 1.54) is 31.2 Å². The van der Waals surface area contributed by atoms with E-state index in [9.17, 15) is 4.79 Å². The molecule has 1 saturated carbocycles. The zero-order chi connectivity index (χ0) is 21.8. The van der Waals surface area contributed by atoms with Gasteiger partial charge in [0.25, 0.3) is 0 Å². The lowest BCUT2D eigenvalue weighted by atomic mass is 9.95. The normalized spacial score (nSPS) is 17.8. The molecule has 32 heavy (non-hydrogen) atoms. The van der Waals surface area contributed by atoms with E-state index in [1.54, 1.807) is 0 Å². The number of benzene rings is 2. The molecule has 5 rings (SSSR count). The third kappa shape index (κ3) is 4.82. The molecule has 5 heteroatoms. The fourth-order valence-electron chi connectivity index (χ4n) is 5.32. The second kappa shape index (κ2) is 9.76. The number of hydrogen-bond acceptors (Lipinski definition) is 3. The summed E-state index contributed by atoms with van der Waals surface area (Å²) in [6, 6.07) is 18.3. The van der Waals surface area contributed by atoms with Gasteiger partial charge in [0.1, 0.15) is 18.2 Å². The van der Waals surface area contributed by atoms with E-state index in [-0.39, 0.29) is 0 Å².